The van der Waals surface area contributed by atoms with Gasteiger partial charge in [0.2, 0.25) is 0 Å². The Balaban J connectivity index is 5.01. The van der Waals surface area contributed by atoms with Gasteiger partial charge in [-0.1, -0.05) is 197 Å². The molecule has 0 saturated carbocycles. The van der Waals surface area contributed by atoms with Crippen LogP contribution < -0.4 is 0 Å². The van der Waals surface area contributed by atoms with Crippen LogP contribution in [0.15, 0.2) is 60.8 Å². The largest absolute Gasteiger partial charge is 0.440 e. The Morgan fingerprint density at radius 3 is 1.02 bits per heavy atom. The minimum atomic E-state index is -2.35. The summed E-state index contributed by atoms with van der Waals surface area (Å²) in [6.07, 6.45) is 58.6. The molecule has 6 nitrogen and oxygen atoms in total. The fourth-order valence-corrected chi connectivity index (χ4v) is 7.97. The van der Waals surface area contributed by atoms with Crippen molar-refractivity contribution in [3.8, 4) is 0 Å². The molecule has 0 amide bonds. The highest BCUT2D eigenvalue weighted by atomic mass is 16.6. The van der Waals surface area contributed by atoms with E-state index in [0.29, 0.717) is 19.3 Å². The van der Waals surface area contributed by atoms with Crippen LogP contribution in [0.4, 0.5) is 0 Å². The summed E-state index contributed by atoms with van der Waals surface area (Å²) in [5.41, 5.74) is -2.35. The van der Waals surface area contributed by atoms with Gasteiger partial charge in [0, 0.05) is 19.3 Å². The number of Topliss-reactive ketones (excluding diaryl/α,β-unsaturated/α-hetero) is 2. The van der Waals surface area contributed by atoms with Crippen molar-refractivity contribution < 1.29 is 29.3 Å². The summed E-state index contributed by atoms with van der Waals surface area (Å²) in [5, 5.41) is 21.3. The zero-order valence-corrected chi connectivity index (χ0v) is 41.5. The van der Waals surface area contributed by atoms with Gasteiger partial charge in [0.25, 0.3) is 5.60 Å². The number of carbonyl (C=O) groups excluding carboxylic acids is 3. The summed E-state index contributed by atoms with van der Waals surface area (Å²) in [6, 6.07) is 0. The van der Waals surface area contributed by atoms with E-state index < -0.39 is 35.8 Å². The quantitative estimate of drug-likeness (QED) is 0.0273. The highest BCUT2D eigenvalue weighted by Crippen LogP contribution is 2.28. The number of hydrogen-bond acceptors (Lipinski definition) is 6. The summed E-state index contributed by atoms with van der Waals surface area (Å²) in [5.74, 6) is -1.82. The molecule has 0 fully saturated rings. The van der Waals surface area contributed by atoms with Crippen molar-refractivity contribution in [2.24, 2.45) is 0 Å². The van der Waals surface area contributed by atoms with Crippen LogP contribution in [0.5, 0.6) is 0 Å². The second kappa shape index (κ2) is 47.4. The van der Waals surface area contributed by atoms with Gasteiger partial charge in [-0.25, -0.2) is 0 Å². The van der Waals surface area contributed by atoms with Gasteiger partial charge in [0.05, 0.1) is 6.61 Å². The topological polar surface area (TPSA) is 101 Å². The number of aliphatic hydroxyl groups excluding tert-OH is 2. The molecule has 0 spiro atoms. The fraction of sp³-hybridized carbons (Fsp3) is 0.772. The van der Waals surface area contributed by atoms with Crippen LogP contribution in [0, 0.1) is 0 Å². The third-order valence-corrected chi connectivity index (χ3v) is 12.1. The van der Waals surface area contributed by atoms with Crippen molar-refractivity contribution in [3.05, 3.63) is 60.8 Å². The summed E-state index contributed by atoms with van der Waals surface area (Å²) in [6.45, 7) is 5.87. The number of ether oxygens (including phenoxy) is 1. The van der Waals surface area contributed by atoms with E-state index in [4.69, 9.17) is 4.74 Å². The molecule has 0 saturated heterocycles. The van der Waals surface area contributed by atoms with Gasteiger partial charge >= 0.3 is 5.97 Å². The molecule has 63 heavy (non-hydrogen) atoms. The number of aliphatic hydroxyl groups is 2. The number of carbonyl (C=O) groups is 3. The van der Waals surface area contributed by atoms with Crippen molar-refractivity contribution in [1.29, 1.82) is 0 Å². The van der Waals surface area contributed by atoms with Crippen LogP contribution in [0.1, 0.15) is 265 Å². The number of esters is 1. The molecular weight excluding hydrogens is 781 g/mol. The van der Waals surface area contributed by atoms with Crippen molar-refractivity contribution >= 4 is 17.5 Å². The van der Waals surface area contributed by atoms with Gasteiger partial charge in [-0.3, -0.25) is 14.4 Å². The normalized spacial score (nSPS) is 13.7. The minimum absolute atomic E-state index is 0.0240. The highest BCUT2D eigenvalue weighted by Gasteiger charge is 2.53. The van der Waals surface area contributed by atoms with Gasteiger partial charge in [-0.2, -0.15) is 0 Å². The summed E-state index contributed by atoms with van der Waals surface area (Å²) < 4.78 is 5.80. The van der Waals surface area contributed by atoms with Crippen molar-refractivity contribution in [1.82, 2.24) is 0 Å². The predicted molar refractivity (Wildman–Crippen MR) is 270 cm³/mol. The first kappa shape index (κ1) is 60.4. The van der Waals surface area contributed by atoms with E-state index in [1.165, 1.54) is 77.0 Å². The molecule has 0 aromatic carbocycles. The lowest BCUT2D eigenvalue weighted by atomic mass is 9.82. The molecule has 6 heteroatoms. The van der Waals surface area contributed by atoms with Gasteiger partial charge in [0.15, 0.2) is 11.6 Å². The molecule has 0 aliphatic rings. The average Bonchev–Trinajstić information content (AvgIpc) is 3.28. The molecule has 0 aliphatic carbocycles. The first-order valence-corrected chi connectivity index (χ1v) is 26.7. The van der Waals surface area contributed by atoms with Crippen LogP contribution in [0.25, 0.3) is 0 Å². The third-order valence-electron chi connectivity index (χ3n) is 12.1. The molecule has 0 bridgehead atoms. The van der Waals surface area contributed by atoms with Gasteiger partial charge < -0.3 is 14.9 Å². The Kier molecular flexibility index (Phi) is 45.5. The lowest BCUT2D eigenvalue weighted by molar-refractivity contribution is -0.188. The van der Waals surface area contributed by atoms with E-state index in [-0.39, 0.29) is 19.3 Å². The molecular formula is C57H100O6. The predicted octanol–water partition coefficient (Wildman–Crippen LogP) is 16.4. The van der Waals surface area contributed by atoms with Gasteiger partial charge in [-0.15, -0.1) is 0 Å². The average molecular weight is 881 g/mol. The Bertz CT molecular complexity index is 1140. The molecule has 2 N–H and O–H groups in total. The maximum absolute atomic E-state index is 13.9. The molecule has 0 aromatic rings. The first-order valence-electron chi connectivity index (χ1n) is 26.7. The summed E-state index contributed by atoms with van der Waals surface area (Å²) >= 11 is 0. The van der Waals surface area contributed by atoms with E-state index in [2.05, 4.69) is 81.5 Å². The molecule has 1 unspecified atom stereocenters. The number of ketones is 2. The molecule has 0 radical (unpaired) electrons. The summed E-state index contributed by atoms with van der Waals surface area (Å²) in [4.78, 5) is 41.2. The lowest BCUT2D eigenvalue weighted by Crippen LogP contribution is -2.60. The van der Waals surface area contributed by atoms with E-state index in [1.807, 2.05) is 0 Å². The van der Waals surface area contributed by atoms with Gasteiger partial charge in [0.1, 0.15) is 6.10 Å². The van der Waals surface area contributed by atoms with Crippen molar-refractivity contribution in [2.45, 2.75) is 276 Å². The fourth-order valence-electron chi connectivity index (χ4n) is 7.97. The Hall–Kier alpha value is -2.57. The van der Waals surface area contributed by atoms with E-state index in [0.717, 1.165) is 128 Å². The second-order valence-corrected chi connectivity index (χ2v) is 18.1. The zero-order chi connectivity index (χ0) is 46.2. The maximum atomic E-state index is 13.9. The Morgan fingerprint density at radius 2 is 0.667 bits per heavy atom. The number of rotatable bonds is 48. The molecule has 0 heterocycles. The van der Waals surface area contributed by atoms with Crippen LogP contribution in [0.3, 0.4) is 0 Å². The molecule has 1 atom stereocenters. The highest BCUT2D eigenvalue weighted by molar-refractivity contribution is 6.12. The standard InChI is InChI=1S/C57H100O6/c1-4-7-10-13-16-19-22-25-28-31-34-37-40-43-46-49-53(59)57(55(61)52-58,54(60)50-47-44-41-38-35-32-29-26-23-20-17-14-11-8-5-2)63-56(62)51-48-45-42-39-36-33-30-27-24-21-18-15-12-9-6-3/h16-17,19-20,25-30,55,58,61H,4-15,18,21-24,31-52H2,1-3H3. The maximum Gasteiger partial charge on any atom is 0.307 e. The SMILES string of the molecule is CCCCCC=CCC=CCCCCCCCC(=O)C(OC(=O)CCCCCCCC=CCCCCCCCC)(C(=O)CCCCCCCC=CCC=CCCCCC)C(O)CO. The van der Waals surface area contributed by atoms with Crippen LogP contribution in [-0.2, 0) is 19.1 Å². The number of hydrogen-bond donors (Lipinski definition) is 2. The first-order chi connectivity index (χ1) is 30.9. The Morgan fingerprint density at radius 1 is 0.397 bits per heavy atom. The van der Waals surface area contributed by atoms with Crippen molar-refractivity contribution in [3.63, 3.8) is 0 Å². The van der Waals surface area contributed by atoms with Crippen LogP contribution in [0.2, 0.25) is 0 Å². The van der Waals surface area contributed by atoms with Crippen LogP contribution in [-0.4, -0.2) is 46.1 Å². The van der Waals surface area contributed by atoms with Crippen molar-refractivity contribution in [2.75, 3.05) is 6.61 Å². The number of unbranched alkanes of at least 4 members (excludes halogenated alkanes) is 27. The molecule has 364 valence electrons. The lowest BCUT2D eigenvalue weighted by Gasteiger charge is -2.34. The van der Waals surface area contributed by atoms with E-state index in [1.54, 1.807) is 0 Å². The van der Waals surface area contributed by atoms with Gasteiger partial charge in [-0.05, 0) is 109 Å². The second-order valence-electron chi connectivity index (χ2n) is 18.1. The van der Waals surface area contributed by atoms with Crippen LogP contribution >= 0.6 is 0 Å². The molecule has 0 aliphatic heterocycles. The van der Waals surface area contributed by atoms with E-state index >= 15 is 0 Å². The monoisotopic (exact) mass is 881 g/mol. The minimum Gasteiger partial charge on any atom is -0.440 e. The third kappa shape index (κ3) is 36.4. The molecule has 0 rings (SSSR count). The smallest absolute Gasteiger partial charge is 0.307 e. The van der Waals surface area contributed by atoms with E-state index in [9.17, 15) is 24.6 Å². The Labute approximate surface area is 389 Å². The number of allylic oxidation sites excluding steroid dienone is 10. The summed E-state index contributed by atoms with van der Waals surface area (Å²) in [7, 11) is 0. The molecule has 0 aromatic heterocycles. The zero-order valence-electron chi connectivity index (χ0n) is 41.5.